The zero-order valence-electron chi connectivity index (χ0n) is 11.6. The molecule has 1 aromatic carbocycles. The van der Waals surface area contributed by atoms with Gasteiger partial charge in [0.15, 0.2) is 0 Å². The van der Waals surface area contributed by atoms with Crippen LogP contribution >= 0.6 is 0 Å². The van der Waals surface area contributed by atoms with Gasteiger partial charge < -0.3 is 14.2 Å². The highest BCUT2D eigenvalue weighted by Crippen LogP contribution is 2.37. The summed E-state index contributed by atoms with van der Waals surface area (Å²) >= 11 is 0. The topological polar surface area (TPSA) is 44.8 Å². The monoisotopic (exact) mass is 252 g/mol. The maximum absolute atomic E-state index is 11.8. The molecule has 0 fully saturated rings. The maximum atomic E-state index is 11.8. The number of benzene rings is 1. The molecule has 1 rings (SSSR count). The first-order chi connectivity index (χ1) is 8.60. The van der Waals surface area contributed by atoms with Gasteiger partial charge in [-0.05, 0) is 19.4 Å². The Balaban J connectivity index is 3.31. The molecule has 0 aromatic heterocycles. The van der Waals surface area contributed by atoms with Crippen LogP contribution in [0.1, 0.15) is 30.4 Å². The van der Waals surface area contributed by atoms with Crippen molar-refractivity contribution in [1.29, 1.82) is 0 Å². The van der Waals surface area contributed by atoms with E-state index in [1.165, 1.54) is 7.11 Å². The number of carbonyl (C=O) groups excluding carboxylic acids is 1. The summed E-state index contributed by atoms with van der Waals surface area (Å²) in [7, 11) is 4.60. The van der Waals surface area contributed by atoms with Crippen LogP contribution < -0.4 is 9.47 Å². The van der Waals surface area contributed by atoms with Crippen molar-refractivity contribution in [3.8, 4) is 11.5 Å². The van der Waals surface area contributed by atoms with Gasteiger partial charge in [-0.1, -0.05) is 13.0 Å². The molecule has 1 atom stereocenters. The van der Waals surface area contributed by atoms with Crippen molar-refractivity contribution in [2.45, 2.75) is 26.2 Å². The Kier molecular flexibility index (Phi) is 5.01. The molecule has 0 N–H and O–H groups in total. The highest BCUT2D eigenvalue weighted by atomic mass is 16.5. The van der Waals surface area contributed by atoms with Crippen molar-refractivity contribution < 1.29 is 19.0 Å². The van der Waals surface area contributed by atoms with E-state index in [4.69, 9.17) is 14.2 Å². The lowest BCUT2D eigenvalue weighted by molar-refractivity contribution is -0.142. The Hall–Kier alpha value is -1.71. The summed E-state index contributed by atoms with van der Waals surface area (Å²) in [5.74, 6) is 0.872. The summed E-state index contributed by atoms with van der Waals surface area (Å²) in [5.41, 5.74) is 1.73. The Bertz CT molecular complexity index is 426. The Morgan fingerprint density at radius 2 is 1.89 bits per heavy atom. The van der Waals surface area contributed by atoms with E-state index in [0.29, 0.717) is 12.2 Å². The van der Waals surface area contributed by atoms with Crippen LogP contribution in [0.4, 0.5) is 0 Å². The standard InChI is InChI=1S/C14H20O4/c1-6-10(14(15)18-5)11-7-8-12(16-3)9(2)13(11)17-4/h7-8,10H,6H2,1-5H3. The van der Waals surface area contributed by atoms with E-state index in [-0.39, 0.29) is 11.9 Å². The Morgan fingerprint density at radius 1 is 1.22 bits per heavy atom. The molecular weight excluding hydrogens is 232 g/mol. The van der Waals surface area contributed by atoms with E-state index in [1.807, 2.05) is 26.0 Å². The number of rotatable bonds is 5. The molecule has 0 saturated heterocycles. The number of carbonyl (C=O) groups is 1. The van der Waals surface area contributed by atoms with E-state index >= 15 is 0 Å². The predicted octanol–water partition coefficient (Wildman–Crippen LogP) is 2.68. The lowest BCUT2D eigenvalue weighted by Gasteiger charge is -2.19. The SMILES string of the molecule is CCC(C(=O)OC)c1ccc(OC)c(C)c1OC. The number of hydrogen-bond donors (Lipinski definition) is 0. The summed E-state index contributed by atoms with van der Waals surface area (Å²) in [4.78, 5) is 11.8. The first-order valence-electron chi connectivity index (χ1n) is 5.89. The van der Waals surface area contributed by atoms with Gasteiger partial charge in [-0.3, -0.25) is 4.79 Å². The largest absolute Gasteiger partial charge is 0.496 e. The van der Waals surface area contributed by atoms with Crippen molar-refractivity contribution in [1.82, 2.24) is 0 Å². The van der Waals surface area contributed by atoms with Gasteiger partial charge in [-0.25, -0.2) is 0 Å². The van der Waals surface area contributed by atoms with Crippen molar-refractivity contribution in [2.75, 3.05) is 21.3 Å². The average Bonchev–Trinajstić information content (AvgIpc) is 2.39. The molecule has 0 heterocycles. The Labute approximate surface area is 108 Å². The molecule has 0 aliphatic rings. The molecule has 0 radical (unpaired) electrons. The zero-order chi connectivity index (χ0) is 13.7. The lowest BCUT2D eigenvalue weighted by Crippen LogP contribution is -2.15. The highest BCUT2D eigenvalue weighted by Gasteiger charge is 2.24. The van der Waals surface area contributed by atoms with E-state index in [0.717, 1.165) is 16.9 Å². The summed E-state index contributed by atoms with van der Waals surface area (Å²) in [6, 6.07) is 3.70. The highest BCUT2D eigenvalue weighted by molar-refractivity contribution is 5.79. The minimum Gasteiger partial charge on any atom is -0.496 e. The van der Waals surface area contributed by atoms with Crippen molar-refractivity contribution in [3.63, 3.8) is 0 Å². The second kappa shape index (κ2) is 6.28. The van der Waals surface area contributed by atoms with Gasteiger partial charge in [0.1, 0.15) is 11.5 Å². The smallest absolute Gasteiger partial charge is 0.313 e. The molecule has 1 aromatic rings. The van der Waals surface area contributed by atoms with E-state index in [1.54, 1.807) is 14.2 Å². The number of esters is 1. The number of methoxy groups -OCH3 is 3. The fourth-order valence-electron chi connectivity index (χ4n) is 2.12. The van der Waals surface area contributed by atoms with Crippen molar-refractivity contribution in [2.24, 2.45) is 0 Å². The molecule has 0 aliphatic heterocycles. The molecule has 4 nitrogen and oxygen atoms in total. The van der Waals surface area contributed by atoms with Crippen LogP contribution in [0.25, 0.3) is 0 Å². The van der Waals surface area contributed by atoms with Gasteiger partial charge in [0.05, 0.1) is 27.2 Å². The number of ether oxygens (including phenoxy) is 3. The van der Waals surface area contributed by atoms with Gasteiger partial charge in [0.25, 0.3) is 0 Å². The minimum absolute atomic E-state index is 0.250. The molecule has 18 heavy (non-hydrogen) atoms. The third-order valence-electron chi connectivity index (χ3n) is 3.08. The fourth-order valence-corrected chi connectivity index (χ4v) is 2.12. The van der Waals surface area contributed by atoms with Gasteiger partial charge in [-0.15, -0.1) is 0 Å². The summed E-state index contributed by atoms with van der Waals surface area (Å²) < 4.78 is 15.5. The van der Waals surface area contributed by atoms with Crippen molar-refractivity contribution in [3.05, 3.63) is 23.3 Å². The van der Waals surface area contributed by atoms with Crippen LogP contribution in [0.2, 0.25) is 0 Å². The Morgan fingerprint density at radius 3 is 2.33 bits per heavy atom. The second-order valence-corrected chi connectivity index (χ2v) is 4.00. The third-order valence-corrected chi connectivity index (χ3v) is 3.08. The molecule has 4 heteroatoms. The first-order valence-corrected chi connectivity index (χ1v) is 5.89. The van der Waals surface area contributed by atoms with Gasteiger partial charge >= 0.3 is 5.97 Å². The molecule has 0 saturated carbocycles. The zero-order valence-corrected chi connectivity index (χ0v) is 11.6. The third kappa shape index (κ3) is 2.58. The van der Waals surface area contributed by atoms with Crippen LogP contribution in [0.3, 0.4) is 0 Å². The van der Waals surface area contributed by atoms with Crippen LogP contribution in [0.5, 0.6) is 11.5 Å². The maximum Gasteiger partial charge on any atom is 0.313 e. The van der Waals surface area contributed by atoms with Crippen LogP contribution in [0, 0.1) is 6.92 Å². The van der Waals surface area contributed by atoms with Crippen LogP contribution in [0.15, 0.2) is 12.1 Å². The molecule has 0 bridgehead atoms. The molecule has 100 valence electrons. The molecule has 0 amide bonds. The predicted molar refractivity (Wildman–Crippen MR) is 69.3 cm³/mol. The molecular formula is C14H20O4. The summed E-state index contributed by atoms with van der Waals surface area (Å²) in [5, 5.41) is 0. The van der Waals surface area contributed by atoms with Gasteiger partial charge in [0.2, 0.25) is 0 Å². The molecule has 1 unspecified atom stereocenters. The molecule has 0 spiro atoms. The lowest BCUT2D eigenvalue weighted by atomic mass is 9.93. The number of hydrogen-bond acceptors (Lipinski definition) is 4. The second-order valence-electron chi connectivity index (χ2n) is 4.00. The normalized spacial score (nSPS) is 11.8. The van der Waals surface area contributed by atoms with Crippen LogP contribution in [-0.4, -0.2) is 27.3 Å². The quantitative estimate of drug-likeness (QED) is 0.756. The van der Waals surface area contributed by atoms with Gasteiger partial charge in [0, 0.05) is 11.1 Å². The van der Waals surface area contributed by atoms with Gasteiger partial charge in [-0.2, -0.15) is 0 Å². The van der Waals surface area contributed by atoms with Crippen LogP contribution in [-0.2, 0) is 9.53 Å². The minimum atomic E-state index is -0.311. The summed E-state index contributed by atoms with van der Waals surface area (Å²) in [6.45, 7) is 3.85. The van der Waals surface area contributed by atoms with Crippen molar-refractivity contribution >= 4 is 5.97 Å². The average molecular weight is 252 g/mol. The van der Waals surface area contributed by atoms with E-state index in [9.17, 15) is 4.79 Å². The fraction of sp³-hybridized carbons (Fsp3) is 0.500. The summed E-state index contributed by atoms with van der Waals surface area (Å²) in [6.07, 6.45) is 0.662. The van der Waals surface area contributed by atoms with E-state index < -0.39 is 0 Å². The molecule has 0 aliphatic carbocycles. The first kappa shape index (κ1) is 14.4. The van der Waals surface area contributed by atoms with E-state index in [2.05, 4.69) is 0 Å².